The molecule has 5 nitrogen and oxygen atoms in total. The highest BCUT2D eigenvalue weighted by atomic mass is 19.1. The van der Waals surface area contributed by atoms with Crippen molar-refractivity contribution in [2.45, 2.75) is 26.4 Å². The van der Waals surface area contributed by atoms with Crippen LogP contribution < -0.4 is 16.6 Å². The van der Waals surface area contributed by atoms with Crippen molar-refractivity contribution in [1.29, 1.82) is 5.26 Å². The van der Waals surface area contributed by atoms with Gasteiger partial charge in [-0.2, -0.15) is 5.26 Å². The molecule has 0 aliphatic carbocycles. The van der Waals surface area contributed by atoms with Gasteiger partial charge in [0.1, 0.15) is 17.4 Å². The van der Waals surface area contributed by atoms with E-state index in [2.05, 4.69) is 13.2 Å². The minimum absolute atomic E-state index is 0.0222. The Hall–Kier alpha value is -2.10. The standard InChI is InChI=1S/C12H17FN4O.C2H4/c1-7-4-9(15)11(8(5-14)10(7)13)17(16)6-12(2,3)18;1-2/h4,18H,6,15-16H2,1-3H3;1-2H2. The molecule has 1 aromatic carbocycles. The summed E-state index contributed by atoms with van der Waals surface area (Å²) in [5.41, 5.74) is 5.06. The average molecular weight is 280 g/mol. The third-order valence-corrected chi connectivity index (χ3v) is 2.40. The Labute approximate surface area is 118 Å². The Morgan fingerprint density at radius 2 is 2.00 bits per heavy atom. The summed E-state index contributed by atoms with van der Waals surface area (Å²) in [4.78, 5) is 0. The average Bonchev–Trinajstić information content (AvgIpc) is 2.33. The first kappa shape index (κ1) is 17.9. The highest BCUT2D eigenvalue weighted by Gasteiger charge is 2.23. The fourth-order valence-corrected chi connectivity index (χ4v) is 1.72. The number of nitrogen functional groups attached to an aromatic ring is 1. The molecule has 0 aliphatic rings. The second-order valence-electron chi connectivity index (χ2n) is 4.87. The summed E-state index contributed by atoms with van der Waals surface area (Å²) in [5, 5.41) is 19.8. The summed E-state index contributed by atoms with van der Waals surface area (Å²) in [6.07, 6.45) is 0. The number of rotatable bonds is 3. The van der Waals surface area contributed by atoms with E-state index in [1.165, 1.54) is 13.0 Å². The smallest absolute Gasteiger partial charge is 0.146 e. The van der Waals surface area contributed by atoms with E-state index in [1.807, 2.05) is 0 Å². The topological polar surface area (TPSA) is 99.3 Å². The van der Waals surface area contributed by atoms with Crippen LogP contribution >= 0.6 is 0 Å². The zero-order chi connectivity index (χ0) is 16.1. The summed E-state index contributed by atoms with van der Waals surface area (Å²) < 4.78 is 13.8. The van der Waals surface area contributed by atoms with Gasteiger partial charge in [0.05, 0.1) is 23.5 Å². The van der Waals surface area contributed by atoms with E-state index in [-0.39, 0.29) is 29.0 Å². The van der Waals surface area contributed by atoms with Gasteiger partial charge in [-0.25, -0.2) is 10.2 Å². The van der Waals surface area contributed by atoms with Gasteiger partial charge in [0.15, 0.2) is 0 Å². The van der Waals surface area contributed by atoms with Crippen molar-refractivity contribution >= 4 is 11.4 Å². The predicted molar refractivity (Wildman–Crippen MR) is 79.3 cm³/mol. The number of nitriles is 1. The van der Waals surface area contributed by atoms with E-state index in [0.717, 1.165) is 5.01 Å². The fourth-order valence-electron chi connectivity index (χ4n) is 1.72. The van der Waals surface area contributed by atoms with Crippen LogP contribution in [0.3, 0.4) is 0 Å². The van der Waals surface area contributed by atoms with Crippen LogP contribution in [0.2, 0.25) is 0 Å². The summed E-state index contributed by atoms with van der Waals surface area (Å²) >= 11 is 0. The Morgan fingerprint density at radius 3 is 2.40 bits per heavy atom. The van der Waals surface area contributed by atoms with E-state index in [9.17, 15) is 9.50 Å². The van der Waals surface area contributed by atoms with Crippen LogP contribution in [0, 0.1) is 24.1 Å². The number of hydrogen-bond donors (Lipinski definition) is 3. The second-order valence-corrected chi connectivity index (χ2v) is 4.87. The first-order valence-electron chi connectivity index (χ1n) is 5.90. The summed E-state index contributed by atoms with van der Waals surface area (Å²) in [6, 6.07) is 3.17. The lowest BCUT2D eigenvalue weighted by Gasteiger charge is -2.28. The Kier molecular flexibility index (Phi) is 6.17. The molecule has 0 saturated heterocycles. The van der Waals surface area contributed by atoms with Crippen LogP contribution in [-0.2, 0) is 0 Å². The molecule has 0 radical (unpaired) electrons. The monoisotopic (exact) mass is 280 g/mol. The van der Waals surface area contributed by atoms with Crippen LogP contribution in [0.5, 0.6) is 0 Å². The molecule has 0 unspecified atom stereocenters. The lowest BCUT2D eigenvalue weighted by Crippen LogP contribution is -2.43. The van der Waals surface area contributed by atoms with Gasteiger partial charge in [-0.1, -0.05) is 0 Å². The Morgan fingerprint density at radius 1 is 1.50 bits per heavy atom. The number of benzene rings is 1. The van der Waals surface area contributed by atoms with Gasteiger partial charge in [0.25, 0.3) is 0 Å². The van der Waals surface area contributed by atoms with Crippen LogP contribution in [-0.4, -0.2) is 17.3 Å². The first-order chi connectivity index (χ1) is 9.17. The molecule has 20 heavy (non-hydrogen) atoms. The molecule has 0 atom stereocenters. The molecule has 0 aliphatic heterocycles. The number of hydrazine groups is 1. The van der Waals surface area contributed by atoms with Crippen molar-refractivity contribution in [3.63, 3.8) is 0 Å². The largest absolute Gasteiger partial charge is 0.397 e. The molecule has 1 rings (SSSR count). The molecule has 0 spiro atoms. The molecule has 0 amide bonds. The number of nitrogens with zero attached hydrogens (tertiary/aromatic N) is 2. The lowest BCUT2D eigenvalue weighted by molar-refractivity contribution is 0.0874. The zero-order valence-corrected chi connectivity index (χ0v) is 12.1. The number of aliphatic hydroxyl groups is 1. The van der Waals surface area contributed by atoms with Crippen LogP contribution in [0.1, 0.15) is 25.0 Å². The summed E-state index contributed by atoms with van der Waals surface area (Å²) in [6.45, 7) is 10.7. The van der Waals surface area contributed by atoms with Crippen LogP contribution in [0.25, 0.3) is 0 Å². The Bertz CT molecular complexity index is 517. The maximum Gasteiger partial charge on any atom is 0.146 e. The van der Waals surface area contributed by atoms with E-state index in [4.69, 9.17) is 16.8 Å². The van der Waals surface area contributed by atoms with Crippen molar-refractivity contribution in [2.24, 2.45) is 5.84 Å². The maximum atomic E-state index is 13.8. The highest BCUT2D eigenvalue weighted by molar-refractivity contribution is 5.75. The van der Waals surface area contributed by atoms with Crippen molar-refractivity contribution < 1.29 is 9.50 Å². The number of nitrogens with two attached hydrogens (primary N) is 2. The molecular formula is C14H21FN4O. The molecule has 0 aromatic heterocycles. The third-order valence-electron chi connectivity index (χ3n) is 2.40. The number of anilines is 2. The quantitative estimate of drug-likeness (QED) is 0.339. The Balaban J connectivity index is 0.00000172. The molecule has 110 valence electrons. The highest BCUT2D eigenvalue weighted by Crippen LogP contribution is 2.31. The van der Waals surface area contributed by atoms with Gasteiger partial charge in [0, 0.05) is 0 Å². The molecule has 5 N–H and O–H groups in total. The van der Waals surface area contributed by atoms with Gasteiger partial charge in [-0.3, -0.25) is 0 Å². The van der Waals surface area contributed by atoms with Crippen molar-refractivity contribution in [3.8, 4) is 6.07 Å². The van der Waals surface area contributed by atoms with Gasteiger partial charge >= 0.3 is 0 Å². The molecule has 0 fully saturated rings. The number of hydrogen-bond acceptors (Lipinski definition) is 5. The third kappa shape index (κ3) is 4.23. The summed E-state index contributed by atoms with van der Waals surface area (Å²) in [7, 11) is 0. The SMILES string of the molecule is C=C.Cc1cc(N)c(N(N)CC(C)(C)O)c(C#N)c1F. The first-order valence-corrected chi connectivity index (χ1v) is 5.90. The molecule has 0 saturated carbocycles. The van der Waals surface area contributed by atoms with Crippen molar-refractivity contribution in [1.82, 2.24) is 0 Å². The van der Waals surface area contributed by atoms with Gasteiger partial charge in [-0.05, 0) is 32.4 Å². The second kappa shape index (κ2) is 6.89. The van der Waals surface area contributed by atoms with E-state index in [0.29, 0.717) is 0 Å². The van der Waals surface area contributed by atoms with Crippen LogP contribution in [0.4, 0.5) is 15.8 Å². The summed E-state index contributed by atoms with van der Waals surface area (Å²) in [5.74, 6) is 5.11. The maximum absolute atomic E-state index is 13.8. The normalized spacial score (nSPS) is 10.2. The molecular weight excluding hydrogens is 259 g/mol. The van der Waals surface area contributed by atoms with E-state index in [1.54, 1.807) is 19.9 Å². The minimum atomic E-state index is -1.09. The lowest BCUT2D eigenvalue weighted by atomic mass is 10.0. The van der Waals surface area contributed by atoms with Gasteiger partial charge in [-0.15, -0.1) is 13.2 Å². The molecule has 1 aromatic rings. The molecule has 6 heteroatoms. The minimum Gasteiger partial charge on any atom is -0.397 e. The molecule has 0 heterocycles. The zero-order valence-electron chi connectivity index (χ0n) is 12.1. The number of halogens is 1. The number of aryl methyl sites for hydroxylation is 1. The van der Waals surface area contributed by atoms with E-state index < -0.39 is 11.4 Å². The fraction of sp³-hybridized carbons (Fsp3) is 0.357. The van der Waals surface area contributed by atoms with Gasteiger partial charge in [0.2, 0.25) is 0 Å². The predicted octanol–water partition coefficient (Wildman–Crippen LogP) is 1.84. The van der Waals surface area contributed by atoms with Gasteiger partial charge < -0.3 is 15.8 Å². The van der Waals surface area contributed by atoms with Crippen LogP contribution in [0.15, 0.2) is 19.2 Å². The van der Waals surface area contributed by atoms with Crippen molar-refractivity contribution in [3.05, 3.63) is 36.2 Å². The van der Waals surface area contributed by atoms with E-state index >= 15 is 0 Å². The van der Waals surface area contributed by atoms with Crippen molar-refractivity contribution in [2.75, 3.05) is 17.3 Å². The molecule has 0 bridgehead atoms.